The molecule has 1 atom stereocenters. The molecule has 3 aromatic rings. The summed E-state index contributed by atoms with van der Waals surface area (Å²) in [5.41, 5.74) is 1.44. The fraction of sp³-hybridized carbons (Fsp3) is 0.500. The number of furan rings is 1. The molecule has 9 nitrogen and oxygen atoms in total. The van der Waals surface area contributed by atoms with Crippen LogP contribution in [0.25, 0.3) is 0 Å². The molecule has 0 aromatic carbocycles. The van der Waals surface area contributed by atoms with Crippen molar-refractivity contribution in [2.75, 3.05) is 30.4 Å². The molecule has 0 saturated carbocycles. The monoisotopic (exact) mass is 499 g/mol. The highest BCUT2D eigenvalue weighted by Gasteiger charge is 2.32. The van der Waals surface area contributed by atoms with Crippen LogP contribution in [0.5, 0.6) is 5.75 Å². The molecule has 0 amide bonds. The highest BCUT2D eigenvalue weighted by Crippen LogP contribution is 2.47. The summed E-state index contributed by atoms with van der Waals surface area (Å²) in [7, 11) is -2.05. The van der Waals surface area contributed by atoms with E-state index >= 15 is 0 Å². The number of hydrogen-bond acceptors (Lipinski definition) is 10. The largest absolute Gasteiger partial charge is 0.504 e. The average Bonchev–Trinajstić information content (AvgIpc) is 3.45. The molecule has 3 rings (SSSR count). The van der Waals surface area contributed by atoms with Gasteiger partial charge in [0, 0.05) is 25.0 Å². The van der Waals surface area contributed by atoms with E-state index in [0.717, 1.165) is 40.8 Å². The SMILES string of the molecule is CC[C@@H](Nc1nsnc1N(C)c1c(C)sc(S(=O)(=O)N(CC)CC)c1O)c1cc(C)co1. The van der Waals surface area contributed by atoms with Gasteiger partial charge in [0.1, 0.15) is 5.76 Å². The van der Waals surface area contributed by atoms with Crippen LogP contribution in [0, 0.1) is 13.8 Å². The zero-order chi connectivity index (χ0) is 23.6. The van der Waals surface area contributed by atoms with E-state index in [1.807, 2.05) is 19.9 Å². The van der Waals surface area contributed by atoms with Crippen molar-refractivity contribution < 1.29 is 17.9 Å². The molecule has 32 heavy (non-hydrogen) atoms. The fourth-order valence-corrected chi connectivity index (χ4v) is 7.24. The minimum absolute atomic E-state index is 0.0595. The van der Waals surface area contributed by atoms with Crippen molar-refractivity contribution in [3.8, 4) is 5.75 Å². The van der Waals surface area contributed by atoms with Gasteiger partial charge in [-0.05, 0) is 31.9 Å². The minimum atomic E-state index is -3.79. The number of nitrogens with one attached hydrogen (secondary N) is 1. The second-order valence-electron chi connectivity index (χ2n) is 7.36. The minimum Gasteiger partial charge on any atom is -0.504 e. The van der Waals surface area contributed by atoms with Gasteiger partial charge in [0.25, 0.3) is 10.0 Å². The van der Waals surface area contributed by atoms with Gasteiger partial charge in [-0.15, -0.1) is 11.3 Å². The molecule has 3 heterocycles. The number of aryl methyl sites for hydroxylation is 2. The maximum absolute atomic E-state index is 13.0. The predicted octanol–water partition coefficient (Wildman–Crippen LogP) is 4.88. The molecule has 0 fully saturated rings. The van der Waals surface area contributed by atoms with Crippen molar-refractivity contribution >= 4 is 50.4 Å². The van der Waals surface area contributed by atoms with Crippen LogP contribution in [0.1, 0.15) is 49.4 Å². The Bertz CT molecular complexity index is 1160. The molecule has 0 aliphatic heterocycles. The lowest BCUT2D eigenvalue weighted by molar-refractivity contribution is 0.433. The zero-order valence-electron chi connectivity index (χ0n) is 19.0. The predicted molar refractivity (Wildman–Crippen MR) is 129 cm³/mol. The van der Waals surface area contributed by atoms with Crippen molar-refractivity contribution in [1.29, 1.82) is 0 Å². The van der Waals surface area contributed by atoms with E-state index in [2.05, 4.69) is 14.1 Å². The summed E-state index contributed by atoms with van der Waals surface area (Å²) >= 11 is 2.09. The van der Waals surface area contributed by atoms with Crippen LogP contribution in [-0.2, 0) is 10.0 Å². The molecular weight excluding hydrogens is 470 g/mol. The summed E-state index contributed by atoms with van der Waals surface area (Å²) in [6, 6.07) is 1.87. The van der Waals surface area contributed by atoms with E-state index in [9.17, 15) is 13.5 Å². The summed E-state index contributed by atoms with van der Waals surface area (Å²) in [6.07, 6.45) is 2.47. The number of thiophene rings is 1. The van der Waals surface area contributed by atoms with Gasteiger partial charge >= 0.3 is 0 Å². The van der Waals surface area contributed by atoms with Gasteiger partial charge in [0.2, 0.25) is 0 Å². The molecule has 0 radical (unpaired) electrons. The van der Waals surface area contributed by atoms with Crippen LogP contribution >= 0.6 is 23.1 Å². The van der Waals surface area contributed by atoms with Crippen molar-refractivity contribution in [3.63, 3.8) is 0 Å². The maximum Gasteiger partial charge on any atom is 0.256 e. The Hall–Kier alpha value is -2.15. The number of rotatable bonds is 10. The zero-order valence-corrected chi connectivity index (χ0v) is 21.5. The summed E-state index contributed by atoms with van der Waals surface area (Å²) < 4.78 is 41.7. The Labute approximate surface area is 197 Å². The first-order chi connectivity index (χ1) is 15.1. The summed E-state index contributed by atoms with van der Waals surface area (Å²) in [4.78, 5) is 2.34. The standard InChI is InChI=1S/C20H29N5O4S3/c1-7-14(15-10-12(4)11-29-15)21-18-19(23-31-22-18)24(6)16-13(5)30-20(17(16)26)32(27,28)25(8-2)9-3/h10-11,14,26H,7-9H2,1-6H3,(H,21,22)/t14-/m1/s1. The maximum atomic E-state index is 13.0. The Kier molecular flexibility index (Phi) is 7.48. The number of aromatic nitrogens is 2. The van der Waals surface area contributed by atoms with Crippen LogP contribution in [0.4, 0.5) is 17.3 Å². The first kappa shape index (κ1) is 24.5. The normalized spacial score (nSPS) is 13.0. The quantitative estimate of drug-likeness (QED) is 0.406. The van der Waals surface area contributed by atoms with Gasteiger partial charge in [-0.2, -0.15) is 13.1 Å². The summed E-state index contributed by atoms with van der Waals surface area (Å²) in [5, 5.41) is 14.3. The molecule has 2 N–H and O–H groups in total. The van der Waals surface area contributed by atoms with Crippen LogP contribution in [0.2, 0.25) is 0 Å². The fourth-order valence-electron chi connectivity index (χ4n) is 3.53. The summed E-state index contributed by atoms with van der Waals surface area (Å²) in [6.45, 7) is 9.99. The Morgan fingerprint density at radius 2 is 1.91 bits per heavy atom. The van der Waals surface area contributed by atoms with Gasteiger partial charge in [-0.25, -0.2) is 8.42 Å². The van der Waals surface area contributed by atoms with Crippen LogP contribution in [-0.4, -0.2) is 46.7 Å². The third-order valence-corrected chi connectivity index (χ3v) is 9.35. The van der Waals surface area contributed by atoms with Crippen LogP contribution in [0.3, 0.4) is 0 Å². The van der Waals surface area contributed by atoms with Gasteiger partial charge in [0.15, 0.2) is 21.6 Å². The third-order valence-electron chi connectivity index (χ3n) is 5.21. The lowest BCUT2D eigenvalue weighted by Gasteiger charge is -2.21. The number of nitrogens with zero attached hydrogens (tertiary/aromatic N) is 4. The number of hydrogen-bond donors (Lipinski definition) is 2. The topological polar surface area (TPSA) is 112 Å². The Morgan fingerprint density at radius 1 is 1.22 bits per heavy atom. The van der Waals surface area contributed by atoms with E-state index in [1.165, 1.54) is 4.31 Å². The van der Waals surface area contributed by atoms with E-state index in [1.54, 1.807) is 39.0 Å². The molecule has 0 saturated heterocycles. The highest BCUT2D eigenvalue weighted by molar-refractivity contribution is 7.91. The molecule has 0 spiro atoms. The van der Waals surface area contributed by atoms with Gasteiger partial charge in [-0.3, -0.25) is 0 Å². The van der Waals surface area contributed by atoms with Crippen LogP contribution in [0.15, 0.2) is 21.0 Å². The van der Waals surface area contributed by atoms with E-state index < -0.39 is 10.0 Å². The molecule has 3 aromatic heterocycles. The Balaban J connectivity index is 1.96. The molecule has 176 valence electrons. The first-order valence-corrected chi connectivity index (χ1v) is 13.3. The lowest BCUT2D eigenvalue weighted by Crippen LogP contribution is -2.30. The first-order valence-electron chi connectivity index (χ1n) is 10.4. The second kappa shape index (κ2) is 9.77. The lowest BCUT2D eigenvalue weighted by atomic mass is 10.1. The van der Waals surface area contributed by atoms with Crippen molar-refractivity contribution in [1.82, 2.24) is 13.1 Å². The van der Waals surface area contributed by atoms with E-state index in [-0.39, 0.29) is 16.0 Å². The Morgan fingerprint density at radius 3 is 2.47 bits per heavy atom. The molecule has 0 aliphatic rings. The van der Waals surface area contributed by atoms with Crippen molar-refractivity contribution in [2.24, 2.45) is 0 Å². The van der Waals surface area contributed by atoms with Gasteiger partial charge in [0.05, 0.1) is 29.7 Å². The second-order valence-corrected chi connectivity index (χ2v) is 11.2. The highest BCUT2D eigenvalue weighted by atomic mass is 32.2. The molecule has 0 aliphatic carbocycles. The summed E-state index contributed by atoms with van der Waals surface area (Å²) in [5.74, 6) is 1.57. The van der Waals surface area contributed by atoms with Crippen LogP contribution < -0.4 is 10.2 Å². The molecular formula is C20H29N5O4S3. The van der Waals surface area contributed by atoms with Gasteiger partial charge in [-0.1, -0.05) is 20.8 Å². The number of anilines is 3. The van der Waals surface area contributed by atoms with E-state index in [4.69, 9.17) is 4.42 Å². The number of aromatic hydroxyl groups is 1. The van der Waals surface area contributed by atoms with Crippen molar-refractivity contribution in [3.05, 3.63) is 28.5 Å². The molecule has 12 heteroatoms. The smallest absolute Gasteiger partial charge is 0.256 e. The molecule has 0 bridgehead atoms. The van der Waals surface area contributed by atoms with Gasteiger partial charge < -0.3 is 19.7 Å². The van der Waals surface area contributed by atoms with E-state index in [0.29, 0.717) is 35.3 Å². The third kappa shape index (κ3) is 4.49. The van der Waals surface area contributed by atoms with Crippen molar-refractivity contribution in [2.45, 2.75) is 51.3 Å². The number of sulfonamides is 1. The average molecular weight is 500 g/mol. The molecule has 0 unspecified atom stereocenters.